The number of amides is 1. The van der Waals surface area contributed by atoms with Crippen LogP contribution in [0.1, 0.15) is 32.1 Å². The number of nitrogens with zero attached hydrogens (tertiary/aromatic N) is 2. The predicted octanol–water partition coefficient (Wildman–Crippen LogP) is 1.90. The number of anilines is 1. The number of sulfonamides is 1. The first kappa shape index (κ1) is 19.1. The van der Waals surface area contributed by atoms with Crippen LogP contribution < -0.4 is 10.1 Å². The van der Waals surface area contributed by atoms with Crippen molar-refractivity contribution in [1.82, 2.24) is 9.21 Å². The average molecular weight is 381 g/mol. The van der Waals surface area contributed by atoms with Gasteiger partial charge in [0.1, 0.15) is 5.75 Å². The molecular weight excluding hydrogens is 354 g/mol. The minimum Gasteiger partial charge on any atom is -0.495 e. The molecule has 2 saturated heterocycles. The molecule has 1 aromatic rings. The fourth-order valence-electron chi connectivity index (χ4n) is 3.53. The van der Waals surface area contributed by atoms with E-state index in [-0.39, 0.29) is 10.8 Å². The Morgan fingerprint density at radius 2 is 1.73 bits per heavy atom. The minimum absolute atomic E-state index is 0.155. The van der Waals surface area contributed by atoms with Crippen LogP contribution >= 0.6 is 0 Å². The van der Waals surface area contributed by atoms with Crippen molar-refractivity contribution in [3.63, 3.8) is 0 Å². The van der Waals surface area contributed by atoms with Gasteiger partial charge in [-0.25, -0.2) is 8.42 Å². The van der Waals surface area contributed by atoms with Crippen molar-refractivity contribution in [3.8, 4) is 5.75 Å². The molecule has 2 heterocycles. The molecule has 144 valence electrons. The Kier molecular flexibility index (Phi) is 6.16. The monoisotopic (exact) mass is 381 g/mol. The van der Waals surface area contributed by atoms with Crippen molar-refractivity contribution < 1.29 is 17.9 Å². The van der Waals surface area contributed by atoms with Gasteiger partial charge in [0.2, 0.25) is 15.9 Å². The van der Waals surface area contributed by atoms with Gasteiger partial charge >= 0.3 is 0 Å². The maximum absolute atomic E-state index is 12.9. The minimum atomic E-state index is -3.55. The fraction of sp³-hybridized carbons (Fsp3) is 0.611. The van der Waals surface area contributed by atoms with Gasteiger partial charge in [0.25, 0.3) is 0 Å². The van der Waals surface area contributed by atoms with Crippen molar-refractivity contribution in [3.05, 3.63) is 18.2 Å². The first-order chi connectivity index (χ1) is 12.5. The van der Waals surface area contributed by atoms with E-state index < -0.39 is 10.0 Å². The first-order valence-corrected chi connectivity index (χ1v) is 10.6. The van der Waals surface area contributed by atoms with Crippen molar-refractivity contribution in [2.75, 3.05) is 45.2 Å². The number of nitrogens with one attached hydrogen (secondary N) is 1. The molecule has 0 atom stereocenters. The third kappa shape index (κ3) is 4.36. The highest BCUT2D eigenvalue weighted by atomic mass is 32.2. The highest BCUT2D eigenvalue weighted by Crippen LogP contribution is 2.30. The summed E-state index contributed by atoms with van der Waals surface area (Å²) in [7, 11) is -2.05. The van der Waals surface area contributed by atoms with E-state index in [1.54, 1.807) is 12.1 Å². The van der Waals surface area contributed by atoms with Crippen LogP contribution in [0.25, 0.3) is 0 Å². The molecule has 26 heavy (non-hydrogen) atoms. The van der Waals surface area contributed by atoms with E-state index in [1.165, 1.54) is 17.5 Å². The highest BCUT2D eigenvalue weighted by Gasteiger charge is 2.27. The number of hydrogen-bond acceptors (Lipinski definition) is 5. The molecule has 1 N–H and O–H groups in total. The van der Waals surface area contributed by atoms with E-state index in [2.05, 4.69) is 10.2 Å². The van der Waals surface area contributed by atoms with E-state index in [4.69, 9.17) is 4.74 Å². The quantitative estimate of drug-likeness (QED) is 0.814. The molecule has 8 heteroatoms. The number of ether oxygens (including phenoxy) is 1. The topological polar surface area (TPSA) is 79.0 Å². The summed E-state index contributed by atoms with van der Waals surface area (Å²) in [6, 6.07) is 4.64. The maximum atomic E-state index is 12.9. The summed E-state index contributed by atoms with van der Waals surface area (Å²) in [6.07, 6.45) is 5.05. The van der Waals surface area contributed by atoms with E-state index >= 15 is 0 Å². The van der Waals surface area contributed by atoms with Gasteiger partial charge < -0.3 is 10.1 Å². The Morgan fingerprint density at radius 1 is 1.08 bits per heavy atom. The third-order valence-electron chi connectivity index (χ3n) is 4.96. The van der Waals surface area contributed by atoms with E-state index in [0.29, 0.717) is 31.1 Å². The second kappa shape index (κ2) is 8.37. The summed E-state index contributed by atoms with van der Waals surface area (Å²) in [6.45, 7) is 3.25. The van der Waals surface area contributed by atoms with E-state index in [0.717, 1.165) is 45.2 Å². The van der Waals surface area contributed by atoms with Gasteiger partial charge in [-0.05, 0) is 57.0 Å². The third-order valence-corrected chi connectivity index (χ3v) is 6.86. The molecule has 7 nitrogen and oxygen atoms in total. The lowest BCUT2D eigenvalue weighted by Crippen LogP contribution is -2.35. The number of benzene rings is 1. The standard InChI is InChI=1S/C18H27N3O4S/c1-25-17-8-7-15(26(23,24)21-11-3-2-4-12-21)13-16(17)19-18(22)14-20-9-5-6-10-20/h7-8,13H,2-6,9-12,14H2,1H3,(H,19,22). The average Bonchev–Trinajstić information content (AvgIpc) is 3.15. The molecule has 2 fully saturated rings. The van der Waals surface area contributed by atoms with E-state index in [1.807, 2.05) is 0 Å². The van der Waals surface area contributed by atoms with Gasteiger partial charge in [-0.1, -0.05) is 6.42 Å². The molecule has 0 bridgehead atoms. The van der Waals surface area contributed by atoms with Crippen LogP contribution in [-0.4, -0.2) is 63.4 Å². The molecule has 0 unspecified atom stereocenters. The van der Waals surface area contributed by atoms with Crippen LogP contribution in [0.4, 0.5) is 5.69 Å². The summed E-state index contributed by atoms with van der Waals surface area (Å²) < 4.78 is 32.5. The van der Waals surface area contributed by atoms with Gasteiger partial charge in [0, 0.05) is 13.1 Å². The van der Waals surface area contributed by atoms with Gasteiger partial charge in [-0.3, -0.25) is 9.69 Å². The zero-order valence-corrected chi connectivity index (χ0v) is 16.1. The lowest BCUT2D eigenvalue weighted by Gasteiger charge is -2.26. The number of piperidine rings is 1. The number of carbonyl (C=O) groups excluding carboxylic acids is 1. The summed E-state index contributed by atoms with van der Waals surface area (Å²) in [5.41, 5.74) is 0.398. The van der Waals surface area contributed by atoms with Crippen LogP contribution in [0.3, 0.4) is 0 Å². The van der Waals surface area contributed by atoms with Crippen LogP contribution in [0.2, 0.25) is 0 Å². The van der Waals surface area contributed by atoms with Gasteiger partial charge in [-0.2, -0.15) is 4.31 Å². The summed E-state index contributed by atoms with van der Waals surface area (Å²) >= 11 is 0. The van der Waals surface area contributed by atoms with Crippen LogP contribution in [0, 0.1) is 0 Å². The molecule has 0 aliphatic carbocycles. The molecule has 3 rings (SSSR count). The second-order valence-electron chi connectivity index (χ2n) is 6.86. The summed E-state index contributed by atoms with van der Waals surface area (Å²) in [5.74, 6) is 0.301. The van der Waals surface area contributed by atoms with Crippen molar-refractivity contribution in [1.29, 1.82) is 0 Å². The lowest BCUT2D eigenvalue weighted by molar-refractivity contribution is -0.117. The van der Waals surface area contributed by atoms with Gasteiger partial charge in [-0.15, -0.1) is 0 Å². The number of methoxy groups -OCH3 is 1. The molecule has 0 spiro atoms. The molecule has 2 aliphatic heterocycles. The largest absolute Gasteiger partial charge is 0.495 e. The van der Waals surface area contributed by atoms with Crippen molar-refractivity contribution in [2.45, 2.75) is 37.0 Å². The number of hydrogen-bond donors (Lipinski definition) is 1. The molecule has 0 saturated carbocycles. The molecule has 0 radical (unpaired) electrons. The van der Waals surface area contributed by atoms with Crippen molar-refractivity contribution >= 4 is 21.6 Å². The van der Waals surface area contributed by atoms with Gasteiger partial charge in [0.05, 0.1) is 24.2 Å². The molecular formula is C18H27N3O4S. The summed E-state index contributed by atoms with van der Waals surface area (Å²) in [4.78, 5) is 14.6. The zero-order chi connectivity index (χ0) is 18.6. The highest BCUT2D eigenvalue weighted by molar-refractivity contribution is 7.89. The van der Waals surface area contributed by atoms with Crippen molar-refractivity contribution in [2.24, 2.45) is 0 Å². The molecule has 0 aromatic heterocycles. The predicted molar refractivity (Wildman–Crippen MR) is 99.9 cm³/mol. The Labute approximate surface area is 155 Å². The normalized spacial score (nSPS) is 19.4. The Bertz CT molecular complexity index is 739. The first-order valence-electron chi connectivity index (χ1n) is 9.21. The van der Waals surface area contributed by atoms with Crippen LogP contribution in [0.5, 0.6) is 5.75 Å². The Balaban J connectivity index is 1.78. The summed E-state index contributed by atoms with van der Waals surface area (Å²) in [5, 5.41) is 2.82. The van der Waals surface area contributed by atoms with Crippen LogP contribution in [0.15, 0.2) is 23.1 Å². The van der Waals surface area contributed by atoms with Crippen LogP contribution in [-0.2, 0) is 14.8 Å². The van der Waals surface area contributed by atoms with E-state index in [9.17, 15) is 13.2 Å². The molecule has 1 amide bonds. The maximum Gasteiger partial charge on any atom is 0.243 e. The SMILES string of the molecule is COc1ccc(S(=O)(=O)N2CCCCC2)cc1NC(=O)CN1CCCC1. The number of rotatable bonds is 6. The smallest absolute Gasteiger partial charge is 0.243 e. The second-order valence-corrected chi connectivity index (χ2v) is 8.80. The number of carbonyl (C=O) groups is 1. The molecule has 1 aromatic carbocycles. The molecule has 2 aliphatic rings. The fourth-order valence-corrected chi connectivity index (χ4v) is 5.08. The Hall–Kier alpha value is -1.64. The Morgan fingerprint density at radius 3 is 2.38 bits per heavy atom. The van der Waals surface area contributed by atoms with Gasteiger partial charge in [0.15, 0.2) is 0 Å². The number of likely N-dealkylation sites (tertiary alicyclic amines) is 1. The zero-order valence-electron chi connectivity index (χ0n) is 15.2. The lowest BCUT2D eigenvalue weighted by atomic mass is 10.2.